The van der Waals surface area contributed by atoms with Crippen LogP contribution in [0.1, 0.15) is 47.2 Å². The molecule has 0 spiro atoms. The number of hydrogen-bond acceptors (Lipinski definition) is 7. The number of fused-ring (bicyclic) bond motifs is 2. The second-order valence-electron chi connectivity index (χ2n) is 8.88. The smallest absolute Gasteiger partial charge is 0.280 e. The van der Waals surface area contributed by atoms with Crippen molar-refractivity contribution in [2.45, 2.75) is 38.5 Å². The number of carbonyl (C=O) groups excluding carboxylic acids is 2. The van der Waals surface area contributed by atoms with Gasteiger partial charge in [-0.15, -0.1) is 0 Å². The third-order valence-corrected chi connectivity index (χ3v) is 6.60. The molecule has 5 rings (SSSR count). The highest BCUT2D eigenvalue weighted by atomic mass is 16.6. The molecule has 1 fully saturated rings. The number of anilines is 1. The Morgan fingerprint density at radius 1 is 1.14 bits per heavy atom. The molecular weight excluding hydrogens is 448 g/mol. The average molecular weight is 477 g/mol. The fourth-order valence-corrected chi connectivity index (χ4v) is 4.82. The molecule has 3 aromatic rings. The fourth-order valence-electron chi connectivity index (χ4n) is 4.82. The van der Waals surface area contributed by atoms with Crippen molar-refractivity contribution >= 4 is 28.8 Å². The molecule has 2 amide bonds. The van der Waals surface area contributed by atoms with Crippen LogP contribution in [-0.2, 0) is 22.5 Å². The van der Waals surface area contributed by atoms with Crippen LogP contribution in [0.15, 0.2) is 35.4 Å². The number of likely N-dealkylation sites (tertiary alicyclic amines) is 1. The van der Waals surface area contributed by atoms with Crippen LogP contribution < -0.4 is 16.2 Å². The van der Waals surface area contributed by atoms with E-state index in [1.807, 2.05) is 11.0 Å². The van der Waals surface area contributed by atoms with E-state index in [1.54, 1.807) is 4.57 Å². The molecule has 0 saturated carbocycles. The SMILES string of the molecule is CONC(=O)c1cn(-c2ccc3c(c2)CCC3)c2nc(NCCCN3CCCC3=O)ncc2c1=O. The first-order valence-electron chi connectivity index (χ1n) is 11.9. The lowest BCUT2D eigenvalue weighted by atomic mass is 10.1. The molecule has 0 radical (unpaired) electrons. The standard InChI is InChI=1S/C25H28N6O4/c1-35-29-24(34)20-15-31(18-9-8-16-5-2-6-17(16)13-18)23-19(22(20)33)14-27-25(28-23)26-10-4-12-30-11-3-7-21(30)32/h8-9,13-15H,2-7,10-12H2,1H3,(H,29,34)(H,26,27,28). The summed E-state index contributed by atoms with van der Waals surface area (Å²) in [6.07, 6.45) is 8.44. The minimum absolute atomic E-state index is 0.0561. The first-order valence-corrected chi connectivity index (χ1v) is 11.9. The molecule has 1 saturated heterocycles. The molecule has 10 heteroatoms. The zero-order valence-electron chi connectivity index (χ0n) is 19.7. The molecule has 0 bridgehead atoms. The van der Waals surface area contributed by atoms with Crippen molar-refractivity contribution in [1.29, 1.82) is 0 Å². The van der Waals surface area contributed by atoms with E-state index in [-0.39, 0.29) is 16.9 Å². The van der Waals surface area contributed by atoms with Crippen LogP contribution in [-0.4, -0.2) is 58.0 Å². The monoisotopic (exact) mass is 476 g/mol. The largest absolute Gasteiger partial charge is 0.354 e. The summed E-state index contributed by atoms with van der Waals surface area (Å²) in [5.41, 5.74) is 5.52. The van der Waals surface area contributed by atoms with E-state index < -0.39 is 11.3 Å². The van der Waals surface area contributed by atoms with Gasteiger partial charge in [-0.2, -0.15) is 4.98 Å². The second kappa shape index (κ2) is 9.83. The number of benzene rings is 1. The normalized spacial score (nSPS) is 15.0. The van der Waals surface area contributed by atoms with Gasteiger partial charge in [-0.3, -0.25) is 19.2 Å². The number of nitrogens with one attached hydrogen (secondary N) is 2. The number of nitrogens with zero attached hydrogens (tertiary/aromatic N) is 4. The van der Waals surface area contributed by atoms with Crippen LogP contribution in [0, 0.1) is 0 Å². The van der Waals surface area contributed by atoms with Gasteiger partial charge < -0.3 is 14.8 Å². The lowest BCUT2D eigenvalue weighted by Crippen LogP contribution is -2.29. The van der Waals surface area contributed by atoms with E-state index >= 15 is 0 Å². The maximum absolute atomic E-state index is 13.1. The Hall–Kier alpha value is -3.79. The summed E-state index contributed by atoms with van der Waals surface area (Å²) in [4.78, 5) is 53.0. The summed E-state index contributed by atoms with van der Waals surface area (Å²) in [5, 5.41) is 3.44. The Morgan fingerprint density at radius 3 is 2.80 bits per heavy atom. The molecule has 2 aromatic heterocycles. The van der Waals surface area contributed by atoms with E-state index in [2.05, 4.69) is 32.9 Å². The Bertz CT molecular complexity index is 1350. The highest BCUT2D eigenvalue weighted by Gasteiger charge is 2.21. The minimum atomic E-state index is -0.632. The molecule has 1 aliphatic carbocycles. The molecule has 10 nitrogen and oxygen atoms in total. The maximum atomic E-state index is 13.1. The fraction of sp³-hybridized carbons (Fsp3) is 0.400. The number of hydrogen-bond donors (Lipinski definition) is 2. The number of aryl methyl sites for hydroxylation is 2. The second-order valence-corrected chi connectivity index (χ2v) is 8.88. The van der Waals surface area contributed by atoms with Gasteiger partial charge in [-0.25, -0.2) is 10.5 Å². The van der Waals surface area contributed by atoms with Crippen LogP contribution in [0.2, 0.25) is 0 Å². The van der Waals surface area contributed by atoms with Gasteiger partial charge in [-0.1, -0.05) is 6.07 Å². The average Bonchev–Trinajstić information content (AvgIpc) is 3.50. The lowest BCUT2D eigenvalue weighted by molar-refractivity contribution is -0.127. The first-order chi connectivity index (χ1) is 17.0. The maximum Gasteiger partial charge on any atom is 0.280 e. The van der Waals surface area contributed by atoms with Gasteiger partial charge in [0.05, 0.1) is 12.5 Å². The molecule has 1 aliphatic heterocycles. The summed E-state index contributed by atoms with van der Waals surface area (Å²) >= 11 is 0. The van der Waals surface area contributed by atoms with Crippen LogP contribution in [0.4, 0.5) is 5.95 Å². The zero-order valence-corrected chi connectivity index (χ0v) is 19.7. The Labute approximate surface area is 202 Å². The highest BCUT2D eigenvalue weighted by Crippen LogP contribution is 2.26. The number of aromatic nitrogens is 3. The van der Waals surface area contributed by atoms with Crippen LogP contribution in [0.3, 0.4) is 0 Å². The van der Waals surface area contributed by atoms with Crippen molar-refractivity contribution in [3.05, 3.63) is 57.5 Å². The number of amides is 2. The Balaban J connectivity index is 1.48. The summed E-state index contributed by atoms with van der Waals surface area (Å²) in [6, 6.07) is 6.16. The molecule has 2 N–H and O–H groups in total. The van der Waals surface area contributed by atoms with Gasteiger partial charge in [0.2, 0.25) is 17.3 Å². The minimum Gasteiger partial charge on any atom is -0.354 e. The summed E-state index contributed by atoms with van der Waals surface area (Å²) in [5.74, 6) is -0.0414. The van der Waals surface area contributed by atoms with E-state index in [1.165, 1.54) is 30.6 Å². The third kappa shape index (κ3) is 4.61. The van der Waals surface area contributed by atoms with Gasteiger partial charge in [-0.05, 0) is 55.4 Å². The molecule has 3 heterocycles. The van der Waals surface area contributed by atoms with Gasteiger partial charge in [0.25, 0.3) is 5.91 Å². The molecule has 1 aromatic carbocycles. The topological polar surface area (TPSA) is 118 Å². The lowest BCUT2D eigenvalue weighted by Gasteiger charge is -2.16. The van der Waals surface area contributed by atoms with Gasteiger partial charge in [0.15, 0.2) is 5.65 Å². The number of carbonyl (C=O) groups is 2. The predicted molar refractivity (Wildman–Crippen MR) is 131 cm³/mol. The summed E-state index contributed by atoms with van der Waals surface area (Å²) in [7, 11) is 1.32. The highest BCUT2D eigenvalue weighted by molar-refractivity contribution is 5.96. The van der Waals surface area contributed by atoms with Crippen molar-refractivity contribution < 1.29 is 14.4 Å². The van der Waals surface area contributed by atoms with Crippen LogP contribution >= 0.6 is 0 Å². The summed E-state index contributed by atoms with van der Waals surface area (Å²) in [6.45, 7) is 2.10. The Morgan fingerprint density at radius 2 is 2.00 bits per heavy atom. The van der Waals surface area contributed by atoms with Crippen molar-refractivity contribution in [2.75, 3.05) is 32.1 Å². The van der Waals surface area contributed by atoms with Crippen molar-refractivity contribution in [1.82, 2.24) is 24.9 Å². The van der Waals surface area contributed by atoms with E-state index in [4.69, 9.17) is 4.84 Å². The van der Waals surface area contributed by atoms with Crippen molar-refractivity contribution in [3.63, 3.8) is 0 Å². The van der Waals surface area contributed by atoms with E-state index in [0.717, 1.165) is 44.3 Å². The van der Waals surface area contributed by atoms with Crippen molar-refractivity contribution in [3.8, 4) is 5.69 Å². The number of hydroxylamine groups is 1. The van der Waals surface area contributed by atoms with E-state index in [0.29, 0.717) is 31.1 Å². The zero-order chi connectivity index (χ0) is 24.4. The van der Waals surface area contributed by atoms with Crippen LogP contribution in [0.25, 0.3) is 16.7 Å². The molecular formula is C25H28N6O4. The van der Waals surface area contributed by atoms with Crippen molar-refractivity contribution in [2.24, 2.45) is 0 Å². The molecule has 2 aliphatic rings. The molecule has 0 atom stereocenters. The predicted octanol–water partition coefficient (Wildman–Crippen LogP) is 1.98. The van der Waals surface area contributed by atoms with Gasteiger partial charge in [0.1, 0.15) is 5.56 Å². The van der Waals surface area contributed by atoms with Crippen LogP contribution in [0.5, 0.6) is 0 Å². The van der Waals surface area contributed by atoms with Gasteiger partial charge >= 0.3 is 0 Å². The third-order valence-electron chi connectivity index (χ3n) is 6.60. The molecule has 35 heavy (non-hydrogen) atoms. The quantitative estimate of drug-likeness (QED) is 0.377. The first kappa shape index (κ1) is 23.0. The Kier molecular flexibility index (Phi) is 6.45. The van der Waals surface area contributed by atoms with Gasteiger partial charge in [0, 0.05) is 44.1 Å². The number of pyridine rings is 1. The summed E-state index contributed by atoms with van der Waals surface area (Å²) < 4.78 is 1.76. The number of rotatable bonds is 8. The molecule has 182 valence electrons. The van der Waals surface area contributed by atoms with E-state index in [9.17, 15) is 14.4 Å². The molecule has 0 unspecified atom stereocenters.